The fraction of sp³-hybridized carbons (Fsp3) is 0.500. The Morgan fingerprint density at radius 1 is 0.684 bits per heavy atom. The molecule has 38 heavy (non-hydrogen) atoms. The summed E-state index contributed by atoms with van der Waals surface area (Å²) in [6.07, 6.45) is 0.913. The number of anilines is 2. The smallest absolute Gasteiger partial charge is 0.167 e. The summed E-state index contributed by atoms with van der Waals surface area (Å²) in [5.74, 6) is 0.518. The Labute approximate surface area is 213 Å². The highest BCUT2D eigenvalue weighted by molar-refractivity contribution is 5.81. The van der Waals surface area contributed by atoms with Gasteiger partial charge in [0.05, 0.1) is 38.0 Å². The quantitative estimate of drug-likeness (QED) is 0.124. The molecule has 0 saturated carbocycles. The maximum Gasteiger partial charge on any atom is 0.167 e. The molecule has 0 spiro atoms. The summed E-state index contributed by atoms with van der Waals surface area (Å²) in [5.41, 5.74) is 25.0. The van der Waals surface area contributed by atoms with E-state index in [1.54, 1.807) is 9.13 Å². The Balaban J connectivity index is 0.000000155. The molecule has 4 aromatic heterocycles. The zero-order valence-electron chi connectivity index (χ0n) is 19.8. The van der Waals surface area contributed by atoms with E-state index in [-0.39, 0.29) is 24.8 Å². The molecule has 2 aliphatic rings. The molecule has 0 aliphatic carbocycles. The normalized spacial score (nSPS) is 31.1. The second-order valence-electron chi connectivity index (χ2n) is 8.80. The van der Waals surface area contributed by atoms with Crippen molar-refractivity contribution in [3.63, 3.8) is 0 Å². The number of nitrogens with zero attached hydrogens (tertiary/aromatic N) is 8. The maximum atomic E-state index is 9.85. The minimum atomic E-state index is -0.952. The number of aliphatic hydroxyl groups is 4. The molecular formula is C20H28N12O6. The highest BCUT2D eigenvalue weighted by Gasteiger charge is 2.43. The van der Waals surface area contributed by atoms with Crippen LogP contribution in [0.1, 0.15) is 12.5 Å². The molecule has 18 heteroatoms. The first kappa shape index (κ1) is 26.0. The van der Waals surface area contributed by atoms with Crippen molar-refractivity contribution in [2.24, 2.45) is 11.5 Å². The first-order valence-electron chi connectivity index (χ1n) is 11.5. The van der Waals surface area contributed by atoms with Crippen LogP contribution >= 0.6 is 0 Å². The topological polar surface area (TPSA) is 291 Å². The van der Waals surface area contributed by atoms with E-state index in [2.05, 4.69) is 29.9 Å². The van der Waals surface area contributed by atoms with Gasteiger partial charge in [-0.25, -0.2) is 29.9 Å². The minimum absolute atomic E-state index is 0.259. The summed E-state index contributed by atoms with van der Waals surface area (Å²) in [5, 5.41) is 37.9. The molecular weight excluding hydrogens is 504 g/mol. The summed E-state index contributed by atoms with van der Waals surface area (Å²) in [4.78, 5) is 24.1. The van der Waals surface area contributed by atoms with Crippen LogP contribution in [0.5, 0.6) is 0 Å². The predicted molar refractivity (Wildman–Crippen MR) is 129 cm³/mol. The number of hydrogen-bond donors (Lipinski definition) is 8. The molecule has 0 amide bonds. The van der Waals surface area contributed by atoms with Gasteiger partial charge in [-0.1, -0.05) is 0 Å². The van der Waals surface area contributed by atoms with Gasteiger partial charge in [0.25, 0.3) is 0 Å². The van der Waals surface area contributed by atoms with Crippen LogP contribution in [0.25, 0.3) is 22.3 Å². The number of ether oxygens (including phenoxy) is 2. The zero-order valence-corrected chi connectivity index (χ0v) is 19.8. The van der Waals surface area contributed by atoms with Gasteiger partial charge >= 0.3 is 0 Å². The Kier molecular flexibility index (Phi) is 7.03. The Hall–Kier alpha value is -3.62. The number of nitrogens with two attached hydrogens (primary N) is 4. The van der Waals surface area contributed by atoms with E-state index in [4.69, 9.17) is 42.6 Å². The number of fused-ring (bicyclic) bond motifs is 2. The van der Waals surface area contributed by atoms with Crippen molar-refractivity contribution in [3.8, 4) is 0 Å². The molecule has 0 aromatic carbocycles. The van der Waals surface area contributed by atoms with Gasteiger partial charge in [0.2, 0.25) is 0 Å². The van der Waals surface area contributed by atoms with Crippen molar-refractivity contribution < 1.29 is 29.9 Å². The lowest BCUT2D eigenvalue weighted by Gasteiger charge is -2.17. The van der Waals surface area contributed by atoms with Crippen LogP contribution in [0, 0.1) is 0 Å². The second-order valence-corrected chi connectivity index (χ2v) is 8.80. The lowest BCUT2D eigenvalue weighted by atomic mass is 10.1. The van der Waals surface area contributed by atoms with Crippen LogP contribution in [-0.4, -0.2) is 109 Å². The Morgan fingerprint density at radius 2 is 1.08 bits per heavy atom. The molecule has 204 valence electrons. The molecule has 4 aromatic rings. The van der Waals surface area contributed by atoms with Crippen LogP contribution in [0.2, 0.25) is 0 Å². The average Bonchev–Trinajstić information content (AvgIpc) is 3.67. The monoisotopic (exact) mass is 532 g/mol. The first-order chi connectivity index (χ1) is 18.3. The van der Waals surface area contributed by atoms with E-state index in [0.717, 1.165) is 0 Å². The van der Waals surface area contributed by atoms with Gasteiger partial charge in [0.15, 0.2) is 35.4 Å². The Morgan fingerprint density at radius 3 is 1.42 bits per heavy atom. The van der Waals surface area contributed by atoms with E-state index in [1.165, 1.54) is 25.3 Å². The van der Waals surface area contributed by atoms with Gasteiger partial charge in [0, 0.05) is 0 Å². The molecule has 2 aliphatic heterocycles. The van der Waals surface area contributed by atoms with E-state index in [0.29, 0.717) is 22.3 Å². The van der Waals surface area contributed by atoms with Crippen LogP contribution in [0.3, 0.4) is 0 Å². The number of rotatable bonds is 4. The SMILES string of the molecule is Nc1ncnc2c1ncn2C1OC(CO)C(O)C1N.Nc1ncnc2c1ncn2C1OC(CO)C(O)C1N. The van der Waals surface area contributed by atoms with E-state index < -0.39 is 49.0 Å². The van der Waals surface area contributed by atoms with Crippen molar-refractivity contribution >= 4 is 34.0 Å². The van der Waals surface area contributed by atoms with Gasteiger partial charge < -0.3 is 52.8 Å². The van der Waals surface area contributed by atoms with Crippen LogP contribution < -0.4 is 22.9 Å². The lowest BCUT2D eigenvalue weighted by Crippen LogP contribution is -2.39. The van der Waals surface area contributed by atoms with Gasteiger partial charge in [-0.15, -0.1) is 0 Å². The van der Waals surface area contributed by atoms with Crippen molar-refractivity contribution in [1.82, 2.24) is 39.0 Å². The molecule has 6 heterocycles. The average molecular weight is 533 g/mol. The first-order valence-corrected chi connectivity index (χ1v) is 11.5. The largest absolute Gasteiger partial charge is 0.394 e. The highest BCUT2D eigenvalue weighted by Crippen LogP contribution is 2.31. The number of hydrogen-bond acceptors (Lipinski definition) is 16. The van der Waals surface area contributed by atoms with Gasteiger partial charge in [0.1, 0.15) is 48.1 Å². The van der Waals surface area contributed by atoms with E-state index in [1.807, 2.05) is 0 Å². The third kappa shape index (κ3) is 4.27. The summed E-state index contributed by atoms with van der Waals surface area (Å²) < 4.78 is 14.2. The summed E-state index contributed by atoms with van der Waals surface area (Å²) in [6, 6.07) is -1.38. The molecule has 2 saturated heterocycles. The molecule has 0 radical (unpaired) electrons. The number of aliphatic hydroxyl groups excluding tert-OH is 4. The number of nitrogen functional groups attached to an aromatic ring is 2. The predicted octanol–water partition coefficient (Wildman–Crippen LogP) is -4.03. The number of imidazole rings is 2. The molecule has 18 nitrogen and oxygen atoms in total. The second kappa shape index (κ2) is 10.3. The fourth-order valence-electron chi connectivity index (χ4n) is 4.45. The third-order valence-corrected chi connectivity index (χ3v) is 6.52. The van der Waals surface area contributed by atoms with Crippen molar-refractivity contribution in [2.75, 3.05) is 24.7 Å². The summed E-state index contributed by atoms with van der Waals surface area (Å²) in [6.45, 7) is -0.621. The van der Waals surface area contributed by atoms with Crippen molar-refractivity contribution in [1.29, 1.82) is 0 Å². The van der Waals surface area contributed by atoms with Crippen molar-refractivity contribution in [3.05, 3.63) is 25.3 Å². The molecule has 6 rings (SSSR count). The summed E-state index contributed by atoms with van der Waals surface area (Å²) in [7, 11) is 0. The minimum Gasteiger partial charge on any atom is -0.394 e. The molecule has 2 fully saturated rings. The number of aromatic nitrogens is 8. The third-order valence-electron chi connectivity index (χ3n) is 6.52. The van der Waals surface area contributed by atoms with E-state index >= 15 is 0 Å². The van der Waals surface area contributed by atoms with Gasteiger partial charge in [-0.05, 0) is 0 Å². The van der Waals surface area contributed by atoms with Crippen LogP contribution in [0.4, 0.5) is 11.6 Å². The molecule has 8 unspecified atom stereocenters. The van der Waals surface area contributed by atoms with Crippen LogP contribution in [0.15, 0.2) is 25.3 Å². The molecule has 0 bridgehead atoms. The maximum absolute atomic E-state index is 9.85. The highest BCUT2D eigenvalue weighted by atomic mass is 16.6. The zero-order chi connectivity index (χ0) is 27.1. The van der Waals surface area contributed by atoms with Gasteiger partial charge in [-0.2, -0.15) is 0 Å². The lowest BCUT2D eigenvalue weighted by molar-refractivity contribution is -0.0437. The standard InChI is InChI=1S/2C10H14N6O3/c2*11-5-7(18)4(1-17)19-10(5)16-3-15-6-8(12)13-2-14-9(6)16/h2*2-5,7,10,17-18H,1,11H2,(H2,12,13,14). The van der Waals surface area contributed by atoms with Gasteiger partial charge in [-0.3, -0.25) is 9.13 Å². The fourth-order valence-corrected chi connectivity index (χ4v) is 4.45. The molecule has 8 atom stereocenters. The van der Waals surface area contributed by atoms with Crippen LogP contribution in [-0.2, 0) is 9.47 Å². The molecule has 12 N–H and O–H groups in total. The Bertz CT molecular complexity index is 1310. The summed E-state index contributed by atoms with van der Waals surface area (Å²) >= 11 is 0. The van der Waals surface area contributed by atoms with E-state index in [9.17, 15) is 10.2 Å². The van der Waals surface area contributed by atoms with Crippen molar-refractivity contribution in [2.45, 2.75) is 49.0 Å².